The summed E-state index contributed by atoms with van der Waals surface area (Å²) >= 11 is 4.27. The average Bonchev–Trinajstić information content (AvgIpc) is 2.49. The molecule has 104 valence electrons. The fraction of sp³-hybridized carbons (Fsp3) is 0.333. The van der Waals surface area contributed by atoms with Crippen LogP contribution in [0.25, 0.3) is 0 Å². The van der Waals surface area contributed by atoms with Crippen molar-refractivity contribution in [3.8, 4) is 6.07 Å². The maximum Gasteiger partial charge on any atom is 0.267 e. The molecule has 20 heavy (non-hydrogen) atoms. The number of rotatable bonds is 3. The van der Waals surface area contributed by atoms with Crippen LogP contribution < -0.4 is 5.32 Å². The van der Waals surface area contributed by atoms with E-state index in [1.165, 1.54) is 0 Å². The molecule has 1 fully saturated rings. The van der Waals surface area contributed by atoms with Crippen LogP contribution in [0.2, 0.25) is 0 Å². The van der Waals surface area contributed by atoms with Crippen LogP contribution in [0.15, 0.2) is 40.9 Å². The summed E-state index contributed by atoms with van der Waals surface area (Å²) in [6.07, 6.45) is 3.14. The van der Waals surface area contributed by atoms with Gasteiger partial charge in [-0.15, -0.1) is 12.6 Å². The number of likely N-dealkylation sites (tertiary alicyclic amines) is 1. The highest BCUT2D eigenvalue weighted by Crippen LogP contribution is 2.18. The maximum absolute atomic E-state index is 12.3. The number of hydrogen-bond acceptors (Lipinski definition) is 4. The zero-order valence-corrected chi connectivity index (χ0v) is 12.1. The molecule has 1 aromatic carbocycles. The van der Waals surface area contributed by atoms with Crippen molar-refractivity contribution in [2.24, 2.45) is 0 Å². The van der Waals surface area contributed by atoms with Crippen LogP contribution in [0.3, 0.4) is 0 Å². The first-order valence-electron chi connectivity index (χ1n) is 6.67. The lowest BCUT2D eigenvalue weighted by molar-refractivity contribution is -0.127. The van der Waals surface area contributed by atoms with Gasteiger partial charge >= 0.3 is 0 Å². The minimum atomic E-state index is -0.236. The van der Waals surface area contributed by atoms with Gasteiger partial charge in [0.2, 0.25) is 0 Å². The Kier molecular flexibility index (Phi) is 5.08. The highest BCUT2D eigenvalue weighted by molar-refractivity contribution is 7.84. The van der Waals surface area contributed by atoms with E-state index in [0.29, 0.717) is 5.03 Å². The molecule has 1 aromatic rings. The van der Waals surface area contributed by atoms with Gasteiger partial charge < -0.3 is 10.2 Å². The van der Waals surface area contributed by atoms with Crippen molar-refractivity contribution in [1.29, 1.82) is 5.26 Å². The molecule has 0 unspecified atom stereocenters. The average molecular weight is 287 g/mol. The van der Waals surface area contributed by atoms with E-state index in [4.69, 9.17) is 0 Å². The second-order valence-corrected chi connectivity index (χ2v) is 5.13. The topological polar surface area (TPSA) is 56.1 Å². The number of benzene rings is 1. The van der Waals surface area contributed by atoms with Gasteiger partial charge in [-0.05, 0) is 31.4 Å². The van der Waals surface area contributed by atoms with E-state index in [1.807, 2.05) is 36.4 Å². The summed E-state index contributed by atoms with van der Waals surface area (Å²) in [6.45, 7) is 1.44. The normalized spacial score (nSPS) is 16.1. The number of nitrogens with zero attached hydrogens (tertiary/aromatic N) is 2. The molecule has 5 heteroatoms. The van der Waals surface area contributed by atoms with Crippen molar-refractivity contribution in [3.63, 3.8) is 0 Å². The summed E-state index contributed by atoms with van der Waals surface area (Å²) in [5.74, 6) is -0.236. The molecular formula is C15H17N3OS. The Labute approximate surface area is 124 Å². The van der Waals surface area contributed by atoms with Gasteiger partial charge in [0.1, 0.15) is 11.6 Å². The molecule has 0 radical (unpaired) electrons. The standard InChI is InChI=1S/C15H17N3OS/c16-11-13(15(19)18-9-5-2-6-10-18)14(20)17-12-7-3-1-4-8-12/h1,3-4,7-8,17,20H,2,5-6,9-10H2/b14-13-. The summed E-state index contributed by atoms with van der Waals surface area (Å²) in [5.41, 5.74) is 0.871. The first-order chi connectivity index (χ1) is 9.72. The van der Waals surface area contributed by atoms with Crippen LogP contribution in [-0.2, 0) is 4.79 Å². The Morgan fingerprint density at radius 3 is 2.45 bits per heavy atom. The largest absolute Gasteiger partial charge is 0.349 e. The van der Waals surface area contributed by atoms with Crippen LogP contribution >= 0.6 is 12.6 Å². The Balaban J connectivity index is 2.15. The summed E-state index contributed by atoms with van der Waals surface area (Å²) in [6, 6.07) is 11.3. The lowest BCUT2D eigenvalue weighted by atomic mass is 10.1. The van der Waals surface area contributed by atoms with Crippen molar-refractivity contribution in [2.45, 2.75) is 19.3 Å². The zero-order valence-electron chi connectivity index (χ0n) is 11.2. The molecule has 1 aliphatic heterocycles. The number of piperidine rings is 1. The molecule has 0 aromatic heterocycles. The van der Waals surface area contributed by atoms with Gasteiger partial charge in [-0.25, -0.2) is 0 Å². The van der Waals surface area contributed by atoms with Gasteiger partial charge in [-0.2, -0.15) is 5.26 Å². The van der Waals surface area contributed by atoms with Crippen molar-refractivity contribution in [1.82, 2.24) is 4.90 Å². The quantitative estimate of drug-likeness (QED) is 0.510. The van der Waals surface area contributed by atoms with Gasteiger partial charge in [0.25, 0.3) is 5.91 Å². The number of anilines is 1. The Bertz CT molecular complexity index is 542. The van der Waals surface area contributed by atoms with Crippen molar-refractivity contribution in [2.75, 3.05) is 18.4 Å². The minimum Gasteiger partial charge on any atom is -0.349 e. The number of carbonyl (C=O) groups is 1. The summed E-state index contributed by atoms with van der Waals surface area (Å²) in [5, 5.41) is 12.5. The Morgan fingerprint density at radius 1 is 1.20 bits per heavy atom. The smallest absolute Gasteiger partial charge is 0.267 e. The lowest BCUT2D eigenvalue weighted by Gasteiger charge is -2.26. The zero-order chi connectivity index (χ0) is 14.4. The molecule has 0 atom stereocenters. The van der Waals surface area contributed by atoms with Crippen LogP contribution in [0.4, 0.5) is 5.69 Å². The third-order valence-corrected chi connectivity index (χ3v) is 3.58. The number of nitriles is 1. The minimum absolute atomic E-state index is 0.0686. The molecule has 1 amide bonds. The first-order valence-corrected chi connectivity index (χ1v) is 7.12. The van der Waals surface area contributed by atoms with E-state index >= 15 is 0 Å². The fourth-order valence-electron chi connectivity index (χ4n) is 2.18. The number of amides is 1. The summed E-state index contributed by atoms with van der Waals surface area (Å²) in [4.78, 5) is 14.0. The highest BCUT2D eigenvalue weighted by Gasteiger charge is 2.22. The fourth-order valence-corrected chi connectivity index (χ4v) is 2.45. The molecule has 1 saturated heterocycles. The SMILES string of the molecule is N#C/C(C(=O)N1CCCCC1)=C(/S)Nc1ccccc1. The Morgan fingerprint density at radius 2 is 1.85 bits per heavy atom. The molecule has 1 heterocycles. The number of nitrogens with one attached hydrogen (secondary N) is 1. The molecular weight excluding hydrogens is 270 g/mol. The molecule has 0 saturated carbocycles. The molecule has 0 aliphatic carbocycles. The van der Waals surface area contributed by atoms with Gasteiger partial charge in [0.15, 0.2) is 0 Å². The molecule has 0 spiro atoms. The third-order valence-electron chi connectivity index (χ3n) is 3.24. The monoisotopic (exact) mass is 287 g/mol. The van der Waals surface area contributed by atoms with Crippen LogP contribution in [0.1, 0.15) is 19.3 Å². The van der Waals surface area contributed by atoms with Crippen molar-refractivity contribution < 1.29 is 4.79 Å². The molecule has 4 nitrogen and oxygen atoms in total. The van der Waals surface area contributed by atoms with Gasteiger partial charge in [0.05, 0.1) is 5.03 Å². The van der Waals surface area contributed by atoms with Gasteiger partial charge in [0, 0.05) is 18.8 Å². The van der Waals surface area contributed by atoms with E-state index in [0.717, 1.165) is 38.0 Å². The molecule has 0 bridgehead atoms. The third kappa shape index (κ3) is 3.55. The predicted octanol–water partition coefficient (Wildman–Crippen LogP) is 2.78. The van der Waals surface area contributed by atoms with Gasteiger partial charge in [-0.1, -0.05) is 18.2 Å². The Hall–Kier alpha value is -1.93. The second kappa shape index (κ2) is 7.01. The number of hydrogen-bond donors (Lipinski definition) is 2. The van der Waals surface area contributed by atoms with Gasteiger partial charge in [-0.3, -0.25) is 4.79 Å². The molecule has 1 aliphatic rings. The number of carbonyl (C=O) groups excluding carboxylic acids is 1. The van der Waals surface area contributed by atoms with E-state index in [-0.39, 0.29) is 11.5 Å². The van der Waals surface area contributed by atoms with Crippen LogP contribution in [0, 0.1) is 11.3 Å². The second-order valence-electron chi connectivity index (χ2n) is 4.68. The summed E-state index contributed by atoms with van der Waals surface area (Å²) < 4.78 is 0. The van der Waals surface area contributed by atoms with E-state index in [2.05, 4.69) is 17.9 Å². The lowest BCUT2D eigenvalue weighted by Crippen LogP contribution is -2.36. The first kappa shape index (κ1) is 14.5. The predicted molar refractivity (Wildman–Crippen MR) is 82.1 cm³/mol. The number of para-hydroxylation sites is 1. The number of thiol groups is 1. The summed E-state index contributed by atoms with van der Waals surface area (Å²) in [7, 11) is 0. The van der Waals surface area contributed by atoms with Crippen molar-refractivity contribution in [3.05, 3.63) is 40.9 Å². The van der Waals surface area contributed by atoms with E-state index in [9.17, 15) is 10.1 Å². The maximum atomic E-state index is 12.3. The van der Waals surface area contributed by atoms with Crippen molar-refractivity contribution >= 4 is 24.2 Å². The van der Waals surface area contributed by atoms with E-state index in [1.54, 1.807) is 4.90 Å². The highest BCUT2D eigenvalue weighted by atomic mass is 32.1. The van der Waals surface area contributed by atoms with Crippen LogP contribution in [-0.4, -0.2) is 23.9 Å². The van der Waals surface area contributed by atoms with E-state index < -0.39 is 0 Å². The molecule has 2 rings (SSSR count). The van der Waals surface area contributed by atoms with Crippen LogP contribution in [0.5, 0.6) is 0 Å². The molecule has 1 N–H and O–H groups in total.